The van der Waals surface area contributed by atoms with Gasteiger partial charge in [0.05, 0.1) is 0 Å². The standard InChI is InChI=1S/C24H33N3O6.C6H12N2O3.CH2O2/c25-20-14-18(23(32)26-9-5-16(6-10-26)1-3-21(28)29)13-19(15-20)24(33)27-11-7-17(8-12-27)2-4-22(30)31;1-4(8-6(7)11)2-3-5(9)10;2-1-3/h13-17H,1-12,25H2,(H,28,29)(H,30,31);4H,2-3H2,1H3,(H,9,10)(H3,7,8,11);1H,(H,2,3). The van der Waals surface area contributed by atoms with Crippen molar-refractivity contribution < 1.29 is 54.0 Å². The van der Waals surface area contributed by atoms with Crippen LogP contribution in [0.4, 0.5) is 10.5 Å². The van der Waals surface area contributed by atoms with Crippen LogP contribution < -0.4 is 16.8 Å². The number of piperidine rings is 2. The van der Waals surface area contributed by atoms with Crippen molar-refractivity contribution in [3.63, 3.8) is 0 Å². The van der Waals surface area contributed by atoms with Gasteiger partial charge < -0.3 is 47.0 Å². The maximum absolute atomic E-state index is 13.0. The first-order chi connectivity index (χ1) is 22.2. The van der Waals surface area contributed by atoms with Gasteiger partial charge in [0.1, 0.15) is 0 Å². The summed E-state index contributed by atoms with van der Waals surface area (Å²) in [5.41, 5.74) is 12.0. The molecule has 2 heterocycles. The van der Waals surface area contributed by atoms with Crippen molar-refractivity contribution in [2.75, 3.05) is 31.9 Å². The Hall–Kier alpha value is -4.89. The summed E-state index contributed by atoms with van der Waals surface area (Å²) >= 11 is 0. The number of benzene rings is 1. The van der Waals surface area contributed by atoms with E-state index in [1.807, 2.05) is 0 Å². The van der Waals surface area contributed by atoms with Gasteiger partial charge in [-0.3, -0.25) is 28.8 Å². The largest absolute Gasteiger partial charge is 0.483 e. The minimum absolute atomic E-state index is 0.0431. The minimum Gasteiger partial charge on any atom is -0.483 e. The van der Waals surface area contributed by atoms with E-state index in [-0.39, 0.29) is 43.6 Å². The fourth-order valence-electron chi connectivity index (χ4n) is 5.42. The molecule has 1 aromatic rings. The van der Waals surface area contributed by atoms with E-state index in [2.05, 4.69) is 5.32 Å². The summed E-state index contributed by atoms with van der Waals surface area (Å²) in [7, 11) is 0. The molecule has 9 N–H and O–H groups in total. The monoisotopic (exact) mass is 665 g/mol. The predicted molar refractivity (Wildman–Crippen MR) is 170 cm³/mol. The van der Waals surface area contributed by atoms with Crippen molar-refractivity contribution in [3.05, 3.63) is 29.3 Å². The summed E-state index contributed by atoms with van der Waals surface area (Å²) in [6.45, 7) is 3.69. The number of hydrogen-bond acceptors (Lipinski definition) is 8. The molecule has 2 aliphatic rings. The van der Waals surface area contributed by atoms with Crippen LogP contribution >= 0.6 is 0 Å². The van der Waals surface area contributed by atoms with Crippen molar-refractivity contribution in [2.45, 2.75) is 77.2 Å². The Balaban J connectivity index is 0.000000663. The summed E-state index contributed by atoms with van der Waals surface area (Å²) in [5.74, 6) is -2.18. The highest BCUT2D eigenvalue weighted by atomic mass is 16.4. The molecular weight excluding hydrogens is 618 g/mol. The number of rotatable bonds is 12. The summed E-state index contributed by atoms with van der Waals surface area (Å²) < 4.78 is 0. The molecule has 0 aromatic heterocycles. The van der Waals surface area contributed by atoms with Gasteiger partial charge in [0.2, 0.25) is 0 Å². The number of urea groups is 1. The van der Waals surface area contributed by atoms with Gasteiger partial charge in [0, 0.05) is 68.3 Å². The number of primary amides is 1. The van der Waals surface area contributed by atoms with Gasteiger partial charge in [-0.2, -0.15) is 0 Å². The number of amides is 4. The summed E-state index contributed by atoms with van der Waals surface area (Å²) in [4.78, 5) is 79.8. The highest BCUT2D eigenvalue weighted by Gasteiger charge is 2.27. The molecule has 16 heteroatoms. The van der Waals surface area contributed by atoms with Crippen LogP contribution in [0.3, 0.4) is 0 Å². The molecule has 2 fully saturated rings. The maximum Gasteiger partial charge on any atom is 0.312 e. The van der Waals surface area contributed by atoms with Crippen LogP contribution in [0.1, 0.15) is 91.8 Å². The molecule has 4 amide bonds. The molecular formula is C31H47N5O11. The zero-order chi connectivity index (χ0) is 35.5. The molecule has 262 valence electrons. The molecule has 2 aliphatic heterocycles. The second kappa shape index (κ2) is 21.0. The van der Waals surface area contributed by atoms with Crippen LogP contribution in [0, 0.1) is 11.8 Å². The number of carbonyl (C=O) groups is 7. The van der Waals surface area contributed by atoms with Crippen molar-refractivity contribution in [1.29, 1.82) is 0 Å². The fourth-order valence-corrected chi connectivity index (χ4v) is 5.42. The number of likely N-dealkylation sites (tertiary alicyclic amines) is 2. The first-order valence-corrected chi connectivity index (χ1v) is 15.4. The molecule has 0 radical (unpaired) electrons. The number of carboxylic acid groups (broad SMARTS) is 4. The highest BCUT2D eigenvalue weighted by Crippen LogP contribution is 2.26. The van der Waals surface area contributed by atoms with Gasteiger partial charge in [-0.1, -0.05) is 0 Å². The topological polar surface area (TPSA) is 271 Å². The van der Waals surface area contributed by atoms with Crippen molar-refractivity contribution in [3.8, 4) is 0 Å². The molecule has 0 saturated carbocycles. The third-order valence-corrected chi connectivity index (χ3v) is 7.97. The van der Waals surface area contributed by atoms with Crippen molar-refractivity contribution in [1.82, 2.24) is 15.1 Å². The minimum atomic E-state index is -0.872. The molecule has 0 aliphatic carbocycles. The molecule has 0 bridgehead atoms. The van der Waals surface area contributed by atoms with Gasteiger partial charge >= 0.3 is 23.9 Å². The van der Waals surface area contributed by atoms with E-state index >= 15 is 0 Å². The Morgan fingerprint density at radius 3 is 1.47 bits per heavy atom. The Morgan fingerprint density at radius 2 is 1.15 bits per heavy atom. The van der Waals surface area contributed by atoms with Crippen LogP contribution in [0.15, 0.2) is 18.2 Å². The number of nitrogens with one attached hydrogen (secondary N) is 1. The lowest BCUT2D eigenvalue weighted by atomic mass is 9.91. The Kier molecular flexibility index (Phi) is 17.9. The van der Waals surface area contributed by atoms with E-state index in [1.165, 1.54) is 0 Å². The van der Waals surface area contributed by atoms with Crippen LogP contribution in [0.25, 0.3) is 0 Å². The smallest absolute Gasteiger partial charge is 0.312 e. The quantitative estimate of drug-likeness (QED) is 0.125. The molecule has 47 heavy (non-hydrogen) atoms. The second-order valence-electron chi connectivity index (χ2n) is 11.6. The number of anilines is 1. The van der Waals surface area contributed by atoms with E-state index in [1.54, 1.807) is 34.9 Å². The lowest BCUT2D eigenvalue weighted by molar-refractivity contribution is -0.138. The van der Waals surface area contributed by atoms with E-state index in [4.69, 9.17) is 36.7 Å². The SMILES string of the molecule is CC(CCC(=O)O)NC(N)=O.Nc1cc(C(=O)N2CCC(CCC(=O)O)CC2)cc(C(=O)N2CCC(CCC(=O)O)CC2)c1.O=CO. The predicted octanol–water partition coefficient (Wildman–Crippen LogP) is 2.31. The zero-order valence-corrected chi connectivity index (χ0v) is 26.6. The Bertz CT molecular complexity index is 1160. The normalized spacial score (nSPS) is 15.5. The van der Waals surface area contributed by atoms with Crippen LogP contribution in [-0.4, -0.2) is 105 Å². The van der Waals surface area contributed by atoms with E-state index in [9.17, 15) is 28.8 Å². The number of nitrogens with two attached hydrogens (primary N) is 2. The summed E-state index contributed by atoms with van der Waals surface area (Å²) in [6, 6.07) is 3.99. The number of carbonyl (C=O) groups excluding carboxylic acids is 3. The van der Waals surface area contributed by atoms with E-state index in [0.29, 0.717) is 74.1 Å². The lowest BCUT2D eigenvalue weighted by Gasteiger charge is -2.33. The van der Waals surface area contributed by atoms with E-state index in [0.717, 1.165) is 25.7 Å². The number of nitrogens with zero attached hydrogens (tertiary/aromatic N) is 2. The number of hydrogen-bond donors (Lipinski definition) is 7. The molecule has 1 atom stereocenters. The van der Waals surface area contributed by atoms with Crippen molar-refractivity contribution in [2.24, 2.45) is 17.6 Å². The fraction of sp³-hybridized carbons (Fsp3) is 0.581. The van der Waals surface area contributed by atoms with E-state index < -0.39 is 23.9 Å². The van der Waals surface area contributed by atoms with Crippen molar-refractivity contribution >= 4 is 47.9 Å². The van der Waals surface area contributed by atoms with Gasteiger partial charge in [-0.25, -0.2) is 4.79 Å². The number of aliphatic carboxylic acids is 3. The first-order valence-electron chi connectivity index (χ1n) is 15.4. The average Bonchev–Trinajstić information content (AvgIpc) is 3.01. The molecule has 2 saturated heterocycles. The van der Waals surface area contributed by atoms with Gasteiger partial charge in [-0.05, 0) is 81.9 Å². The zero-order valence-electron chi connectivity index (χ0n) is 26.6. The molecule has 3 rings (SSSR count). The molecule has 1 unspecified atom stereocenters. The number of nitrogen functional groups attached to an aromatic ring is 1. The first kappa shape index (κ1) is 40.1. The van der Waals surface area contributed by atoms with Crippen LogP contribution in [0.5, 0.6) is 0 Å². The third kappa shape index (κ3) is 16.3. The Labute approximate surface area is 273 Å². The molecule has 16 nitrogen and oxygen atoms in total. The highest BCUT2D eigenvalue weighted by molar-refractivity contribution is 6.01. The van der Waals surface area contributed by atoms with Crippen LogP contribution in [0.2, 0.25) is 0 Å². The maximum atomic E-state index is 13.0. The third-order valence-electron chi connectivity index (χ3n) is 7.97. The van der Waals surface area contributed by atoms with Gasteiger partial charge in [-0.15, -0.1) is 0 Å². The second-order valence-corrected chi connectivity index (χ2v) is 11.6. The lowest BCUT2D eigenvalue weighted by Crippen LogP contribution is -2.39. The summed E-state index contributed by atoms with van der Waals surface area (Å²) in [5, 5.41) is 35.2. The number of carboxylic acids is 3. The van der Waals surface area contributed by atoms with Gasteiger partial charge in [0.25, 0.3) is 18.3 Å². The summed E-state index contributed by atoms with van der Waals surface area (Å²) in [6.07, 6.45) is 5.07. The molecule has 1 aromatic carbocycles. The van der Waals surface area contributed by atoms with Crippen LogP contribution in [-0.2, 0) is 19.2 Å². The van der Waals surface area contributed by atoms with Gasteiger partial charge in [0.15, 0.2) is 0 Å². The Morgan fingerprint density at radius 1 is 0.787 bits per heavy atom. The molecule has 0 spiro atoms. The average molecular weight is 666 g/mol.